The molecule has 4 heteroatoms. The molecule has 1 aliphatic rings. The van der Waals surface area contributed by atoms with Crippen LogP contribution in [-0.2, 0) is 0 Å². The highest BCUT2D eigenvalue weighted by molar-refractivity contribution is 5.42. The average Bonchev–Trinajstić information content (AvgIpc) is 2.37. The Kier molecular flexibility index (Phi) is 4.77. The second kappa shape index (κ2) is 6.35. The third-order valence-electron chi connectivity index (χ3n) is 3.89. The van der Waals surface area contributed by atoms with Gasteiger partial charge in [-0.3, -0.25) is 9.29 Å². The molecule has 0 aromatic heterocycles. The number of aryl methyl sites for hydroxylation is 2. The first-order valence-electron chi connectivity index (χ1n) is 6.94. The molecule has 0 amide bonds. The Morgan fingerprint density at radius 3 is 2.37 bits per heavy atom. The van der Waals surface area contributed by atoms with Gasteiger partial charge < -0.3 is 10.4 Å². The van der Waals surface area contributed by atoms with E-state index in [2.05, 4.69) is 10.2 Å². The molecule has 0 saturated carbocycles. The van der Waals surface area contributed by atoms with Crippen LogP contribution in [0.1, 0.15) is 29.2 Å². The smallest absolute Gasteiger partial charge is 0.116 e. The third kappa shape index (κ3) is 3.25. The monoisotopic (exact) mass is 266 g/mol. The first kappa shape index (κ1) is 14.3. The van der Waals surface area contributed by atoms with Crippen molar-refractivity contribution in [2.45, 2.75) is 26.3 Å². The Bertz CT molecular complexity index is 407. The third-order valence-corrected chi connectivity index (χ3v) is 3.89. The molecule has 0 spiro atoms. The Labute approximate surface area is 114 Å². The van der Waals surface area contributed by atoms with Crippen LogP contribution in [0.3, 0.4) is 0 Å². The van der Waals surface area contributed by atoms with Crippen LogP contribution in [0.5, 0.6) is 5.75 Å². The SMILES string of the molecule is Cc1cc(O)cc(C)c1[C@@H](CCF)N1CCNCC1. The lowest BCUT2D eigenvalue weighted by Crippen LogP contribution is -2.45. The molecule has 1 aliphatic heterocycles. The summed E-state index contributed by atoms with van der Waals surface area (Å²) >= 11 is 0. The maximum atomic E-state index is 12.9. The van der Waals surface area contributed by atoms with E-state index in [9.17, 15) is 9.50 Å². The predicted molar refractivity (Wildman–Crippen MR) is 75.4 cm³/mol. The number of hydrogen-bond donors (Lipinski definition) is 2. The van der Waals surface area contributed by atoms with Gasteiger partial charge in [-0.25, -0.2) is 0 Å². The van der Waals surface area contributed by atoms with Gasteiger partial charge in [0, 0.05) is 32.2 Å². The fourth-order valence-electron chi connectivity index (χ4n) is 3.08. The number of piperazine rings is 1. The van der Waals surface area contributed by atoms with Crippen molar-refractivity contribution in [2.24, 2.45) is 0 Å². The molecule has 19 heavy (non-hydrogen) atoms. The van der Waals surface area contributed by atoms with E-state index in [1.807, 2.05) is 13.8 Å². The van der Waals surface area contributed by atoms with Crippen LogP contribution in [0.25, 0.3) is 0 Å². The molecule has 1 aromatic carbocycles. The highest BCUT2D eigenvalue weighted by atomic mass is 19.1. The van der Waals surface area contributed by atoms with Crippen molar-refractivity contribution in [3.63, 3.8) is 0 Å². The Morgan fingerprint density at radius 2 is 1.84 bits per heavy atom. The highest BCUT2D eigenvalue weighted by Crippen LogP contribution is 2.32. The van der Waals surface area contributed by atoms with Crippen LogP contribution in [0, 0.1) is 13.8 Å². The van der Waals surface area contributed by atoms with Crippen molar-refractivity contribution in [2.75, 3.05) is 32.9 Å². The summed E-state index contributed by atoms with van der Waals surface area (Å²) in [5.74, 6) is 0.290. The van der Waals surface area contributed by atoms with Crippen molar-refractivity contribution in [3.05, 3.63) is 28.8 Å². The van der Waals surface area contributed by atoms with Crippen LogP contribution < -0.4 is 5.32 Å². The minimum atomic E-state index is -0.311. The first-order valence-corrected chi connectivity index (χ1v) is 6.94. The number of phenols is 1. The zero-order chi connectivity index (χ0) is 13.8. The molecule has 1 heterocycles. The summed E-state index contributed by atoms with van der Waals surface area (Å²) in [7, 11) is 0. The van der Waals surface area contributed by atoms with Gasteiger partial charge in [0.15, 0.2) is 0 Å². The molecule has 3 nitrogen and oxygen atoms in total. The van der Waals surface area contributed by atoms with E-state index in [0.29, 0.717) is 6.42 Å². The van der Waals surface area contributed by atoms with E-state index >= 15 is 0 Å². The van der Waals surface area contributed by atoms with E-state index in [1.165, 1.54) is 5.56 Å². The summed E-state index contributed by atoms with van der Waals surface area (Å²) in [6.07, 6.45) is 0.520. The van der Waals surface area contributed by atoms with E-state index in [1.54, 1.807) is 12.1 Å². The standard InChI is InChI=1S/C15H23FN2O/c1-11-9-13(19)10-12(2)15(11)14(3-4-16)18-7-5-17-6-8-18/h9-10,14,17,19H,3-8H2,1-2H3/t14-/m1/s1. The summed E-state index contributed by atoms with van der Waals surface area (Å²) in [5.41, 5.74) is 3.28. The van der Waals surface area contributed by atoms with Crippen LogP contribution in [0.4, 0.5) is 4.39 Å². The number of hydrogen-bond acceptors (Lipinski definition) is 3. The largest absolute Gasteiger partial charge is 0.508 e. The first-order chi connectivity index (χ1) is 9.13. The van der Waals surface area contributed by atoms with Crippen LogP contribution >= 0.6 is 0 Å². The van der Waals surface area contributed by atoms with Crippen molar-refractivity contribution < 1.29 is 9.50 Å². The van der Waals surface area contributed by atoms with Crippen LogP contribution in [0.15, 0.2) is 12.1 Å². The maximum absolute atomic E-state index is 12.9. The second-order valence-corrected chi connectivity index (χ2v) is 5.27. The van der Waals surface area contributed by atoms with Gasteiger partial charge in [-0.15, -0.1) is 0 Å². The Morgan fingerprint density at radius 1 is 1.26 bits per heavy atom. The lowest BCUT2D eigenvalue weighted by molar-refractivity contribution is 0.156. The van der Waals surface area contributed by atoms with Gasteiger partial charge in [0.25, 0.3) is 0 Å². The van der Waals surface area contributed by atoms with Gasteiger partial charge in [-0.1, -0.05) is 0 Å². The molecule has 1 atom stereocenters. The molecule has 0 unspecified atom stereocenters. The normalized spacial score (nSPS) is 18.5. The quantitative estimate of drug-likeness (QED) is 0.878. The lowest BCUT2D eigenvalue weighted by atomic mass is 9.92. The number of benzene rings is 1. The summed E-state index contributed by atoms with van der Waals surface area (Å²) in [6.45, 7) is 7.49. The number of aromatic hydroxyl groups is 1. The van der Waals surface area contributed by atoms with E-state index in [4.69, 9.17) is 0 Å². The maximum Gasteiger partial charge on any atom is 0.116 e. The van der Waals surface area contributed by atoms with Crippen LogP contribution in [-0.4, -0.2) is 42.9 Å². The molecule has 2 rings (SSSR count). The molecule has 1 saturated heterocycles. The fourth-order valence-corrected chi connectivity index (χ4v) is 3.08. The zero-order valence-corrected chi connectivity index (χ0v) is 11.7. The molecule has 0 radical (unpaired) electrons. The molecule has 0 bridgehead atoms. The lowest BCUT2D eigenvalue weighted by Gasteiger charge is -2.36. The van der Waals surface area contributed by atoms with Crippen LogP contribution in [0.2, 0.25) is 0 Å². The number of alkyl halides is 1. The van der Waals surface area contributed by atoms with E-state index in [-0.39, 0.29) is 18.5 Å². The van der Waals surface area contributed by atoms with Crippen molar-refractivity contribution in [1.29, 1.82) is 0 Å². The fraction of sp³-hybridized carbons (Fsp3) is 0.600. The molecule has 1 fully saturated rings. The molecule has 106 valence electrons. The molecule has 1 aromatic rings. The summed E-state index contributed by atoms with van der Waals surface area (Å²) < 4.78 is 12.9. The zero-order valence-electron chi connectivity index (χ0n) is 11.7. The van der Waals surface area contributed by atoms with Gasteiger partial charge in [0.2, 0.25) is 0 Å². The average molecular weight is 266 g/mol. The number of phenolic OH excluding ortho intramolecular Hbond substituents is 1. The van der Waals surface area contributed by atoms with E-state index in [0.717, 1.165) is 37.3 Å². The minimum absolute atomic E-state index is 0.118. The summed E-state index contributed by atoms with van der Waals surface area (Å²) in [6, 6.07) is 3.67. The molecule has 0 aliphatic carbocycles. The molecule has 2 N–H and O–H groups in total. The van der Waals surface area contributed by atoms with Crippen molar-refractivity contribution in [3.8, 4) is 5.75 Å². The second-order valence-electron chi connectivity index (χ2n) is 5.27. The predicted octanol–water partition coefficient (Wildman–Crippen LogP) is 2.31. The van der Waals surface area contributed by atoms with Gasteiger partial charge in [0.1, 0.15) is 5.75 Å². The Hall–Kier alpha value is -1.13. The van der Waals surface area contributed by atoms with Gasteiger partial charge in [-0.05, 0) is 49.1 Å². The minimum Gasteiger partial charge on any atom is -0.508 e. The van der Waals surface area contributed by atoms with Gasteiger partial charge >= 0.3 is 0 Å². The van der Waals surface area contributed by atoms with Gasteiger partial charge in [0.05, 0.1) is 6.67 Å². The highest BCUT2D eigenvalue weighted by Gasteiger charge is 2.24. The van der Waals surface area contributed by atoms with E-state index < -0.39 is 0 Å². The molecular formula is C15H23FN2O. The number of rotatable bonds is 4. The Balaban J connectivity index is 2.32. The summed E-state index contributed by atoms with van der Waals surface area (Å²) in [5, 5.41) is 13.0. The molecular weight excluding hydrogens is 243 g/mol. The number of halogens is 1. The summed E-state index contributed by atoms with van der Waals surface area (Å²) in [4.78, 5) is 2.35. The topological polar surface area (TPSA) is 35.5 Å². The number of nitrogens with one attached hydrogen (secondary N) is 1. The number of nitrogens with zero attached hydrogens (tertiary/aromatic N) is 1. The van der Waals surface area contributed by atoms with Gasteiger partial charge in [-0.2, -0.15) is 0 Å². The van der Waals surface area contributed by atoms with Crippen molar-refractivity contribution >= 4 is 0 Å². The van der Waals surface area contributed by atoms with Crippen molar-refractivity contribution in [1.82, 2.24) is 10.2 Å².